The number of nitrogens with one attached hydrogen (secondary N) is 1. The largest absolute Gasteiger partial charge is 0.314 e. The lowest BCUT2D eigenvalue weighted by Crippen LogP contribution is -2.42. The molecule has 1 N–H and O–H groups in total. The first-order chi connectivity index (χ1) is 7.27. The van der Waals surface area contributed by atoms with Gasteiger partial charge in [-0.1, -0.05) is 19.3 Å². The van der Waals surface area contributed by atoms with Gasteiger partial charge in [0.25, 0.3) is 0 Å². The lowest BCUT2D eigenvalue weighted by Gasteiger charge is -2.30. The molecular formula is C13H23NO. The highest BCUT2D eigenvalue weighted by Gasteiger charge is 2.30. The summed E-state index contributed by atoms with van der Waals surface area (Å²) in [7, 11) is 0. The van der Waals surface area contributed by atoms with Crippen molar-refractivity contribution in [1.29, 1.82) is 0 Å². The van der Waals surface area contributed by atoms with Crippen LogP contribution >= 0.6 is 0 Å². The molecule has 2 heteroatoms. The van der Waals surface area contributed by atoms with E-state index < -0.39 is 0 Å². The van der Waals surface area contributed by atoms with E-state index >= 15 is 0 Å². The molecule has 1 saturated heterocycles. The standard InChI is InChI=1S/C13H23NO/c1-10-7-8-12(9-14-10)13(15)11-5-3-2-4-6-11/h10-12,14H,2-9H2,1H3. The smallest absolute Gasteiger partial charge is 0.140 e. The van der Waals surface area contributed by atoms with Gasteiger partial charge in [0.2, 0.25) is 0 Å². The number of Topliss-reactive ketones (excluding diaryl/α,β-unsaturated/α-hetero) is 1. The van der Waals surface area contributed by atoms with Crippen molar-refractivity contribution >= 4 is 5.78 Å². The molecule has 15 heavy (non-hydrogen) atoms. The molecule has 1 saturated carbocycles. The molecule has 2 nitrogen and oxygen atoms in total. The lowest BCUT2D eigenvalue weighted by atomic mass is 9.79. The van der Waals surface area contributed by atoms with Gasteiger partial charge in [0.05, 0.1) is 0 Å². The highest BCUT2D eigenvalue weighted by molar-refractivity contribution is 5.83. The number of carbonyl (C=O) groups excluding carboxylic acids is 1. The minimum absolute atomic E-state index is 0.323. The number of hydrogen-bond donors (Lipinski definition) is 1. The van der Waals surface area contributed by atoms with Crippen molar-refractivity contribution in [3.8, 4) is 0 Å². The first kappa shape index (κ1) is 11.1. The third kappa shape index (κ3) is 2.81. The Morgan fingerprint density at radius 1 is 1.00 bits per heavy atom. The van der Waals surface area contributed by atoms with Gasteiger partial charge >= 0.3 is 0 Å². The van der Waals surface area contributed by atoms with Gasteiger partial charge in [-0.15, -0.1) is 0 Å². The second-order valence-electron chi connectivity index (χ2n) is 5.32. The Hall–Kier alpha value is -0.370. The lowest BCUT2D eigenvalue weighted by molar-refractivity contribution is -0.128. The van der Waals surface area contributed by atoms with Crippen LogP contribution in [0.4, 0.5) is 0 Å². The molecule has 0 aromatic heterocycles. The fourth-order valence-corrected chi connectivity index (χ4v) is 2.96. The summed E-state index contributed by atoms with van der Waals surface area (Å²) in [5, 5.41) is 3.43. The van der Waals surface area contributed by atoms with Crippen molar-refractivity contribution in [3.63, 3.8) is 0 Å². The monoisotopic (exact) mass is 209 g/mol. The van der Waals surface area contributed by atoms with E-state index in [0.29, 0.717) is 23.7 Å². The summed E-state index contributed by atoms with van der Waals surface area (Å²) in [6.07, 6.45) is 8.48. The number of piperidine rings is 1. The highest BCUT2D eigenvalue weighted by Crippen LogP contribution is 2.29. The Morgan fingerprint density at radius 3 is 2.33 bits per heavy atom. The first-order valence-corrected chi connectivity index (χ1v) is 6.54. The molecule has 2 atom stereocenters. The van der Waals surface area contributed by atoms with Gasteiger partial charge in [-0.2, -0.15) is 0 Å². The van der Waals surface area contributed by atoms with Crippen molar-refractivity contribution < 1.29 is 4.79 Å². The average molecular weight is 209 g/mol. The molecule has 0 bridgehead atoms. The van der Waals surface area contributed by atoms with E-state index in [1.54, 1.807) is 0 Å². The summed E-state index contributed by atoms with van der Waals surface area (Å²) in [5.41, 5.74) is 0. The van der Waals surface area contributed by atoms with Crippen molar-refractivity contribution in [2.45, 2.75) is 57.9 Å². The molecule has 2 unspecified atom stereocenters. The van der Waals surface area contributed by atoms with Gasteiger partial charge in [-0.05, 0) is 32.6 Å². The summed E-state index contributed by atoms with van der Waals surface area (Å²) < 4.78 is 0. The maximum Gasteiger partial charge on any atom is 0.140 e. The molecule has 2 fully saturated rings. The predicted octanol–water partition coefficient (Wildman–Crippen LogP) is 2.52. The summed E-state index contributed by atoms with van der Waals surface area (Å²) in [6.45, 7) is 3.14. The quantitative estimate of drug-likeness (QED) is 0.757. The molecule has 0 amide bonds. The van der Waals surface area contributed by atoms with Gasteiger partial charge in [-0.25, -0.2) is 0 Å². The SMILES string of the molecule is CC1CCC(C(=O)C2CCCCC2)CN1. The Labute approximate surface area is 92.8 Å². The molecule has 2 rings (SSSR count). The first-order valence-electron chi connectivity index (χ1n) is 6.54. The maximum absolute atomic E-state index is 12.2. The minimum Gasteiger partial charge on any atom is -0.314 e. The van der Waals surface area contributed by atoms with E-state index in [1.807, 2.05) is 0 Å². The number of hydrogen-bond acceptors (Lipinski definition) is 2. The molecular weight excluding hydrogens is 186 g/mol. The molecule has 0 radical (unpaired) electrons. The fourth-order valence-electron chi connectivity index (χ4n) is 2.96. The summed E-state index contributed by atoms with van der Waals surface area (Å²) in [6, 6.07) is 0.611. The normalized spacial score (nSPS) is 33.9. The van der Waals surface area contributed by atoms with Crippen molar-refractivity contribution in [2.75, 3.05) is 6.54 Å². The molecule has 86 valence electrons. The van der Waals surface area contributed by atoms with Crippen LogP contribution in [0.2, 0.25) is 0 Å². The summed E-state index contributed by atoms with van der Waals surface area (Å²) >= 11 is 0. The van der Waals surface area contributed by atoms with Crippen LogP contribution in [0.15, 0.2) is 0 Å². The molecule has 0 spiro atoms. The predicted molar refractivity (Wildman–Crippen MR) is 61.8 cm³/mol. The molecule has 0 aromatic carbocycles. The van der Waals surface area contributed by atoms with Crippen LogP contribution in [-0.4, -0.2) is 18.4 Å². The number of carbonyl (C=O) groups is 1. The Balaban J connectivity index is 1.84. The van der Waals surface area contributed by atoms with Crippen LogP contribution in [0.3, 0.4) is 0 Å². The van der Waals surface area contributed by atoms with Gasteiger partial charge in [0.1, 0.15) is 5.78 Å². The van der Waals surface area contributed by atoms with Crippen LogP contribution in [0, 0.1) is 11.8 Å². The third-order valence-electron chi connectivity index (χ3n) is 4.07. The Bertz CT molecular complexity index is 213. The Morgan fingerprint density at radius 2 is 1.73 bits per heavy atom. The van der Waals surface area contributed by atoms with Crippen molar-refractivity contribution in [3.05, 3.63) is 0 Å². The van der Waals surface area contributed by atoms with Crippen molar-refractivity contribution in [1.82, 2.24) is 5.32 Å². The zero-order valence-electron chi connectivity index (χ0n) is 9.80. The van der Waals surface area contributed by atoms with Crippen LogP contribution in [0.25, 0.3) is 0 Å². The minimum atomic E-state index is 0.323. The third-order valence-corrected chi connectivity index (χ3v) is 4.07. The van der Waals surface area contributed by atoms with E-state index in [2.05, 4.69) is 12.2 Å². The molecule has 1 aliphatic heterocycles. The van der Waals surface area contributed by atoms with Gasteiger partial charge < -0.3 is 5.32 Å². The fraction of sp³-hybridized carbons (Fsp3) is 0.923. The van der Waals surface area contributed by atoms with Gasteiger partial charge in [-0.3, -0.25) is 4.79 Å². The number of ketones is 1. The van der Waals surface area contributed by atoms with E-state index in [4.69, 9.17) is 0 Å². The average Bonchev–Trinajstić information content (AvgIpc) is 2.30. The molecule has 0 aromatic rings. The second kappa shape index (κ2) is 5.11. The van der Waals surface area contributed by atoms with Crippen LogP contribution < -0.4 is 5.32 Å². The van der Waals surface area contributed by atoms with Gasteiger partial charge in [0.15, 0.2) is 0 Å². The van der Waals surface area contributed by atoms with E-state index in [1.165, 1.54) is 25.7 Å². The highest BCUT2D eigenvalue weighted by atomic mass is 16.1. The topological polar surface area (TPSA) is 29.1 Å². The van der Waals surface area contributed by atoms with Crippen LogP contribution in [0.5, 0.6) is 0 Å². The van der Waals surface area contributed by atoms with Gasteiger partial charge in [0, 0.05) is 24.4 Å². The zero-order chi connectivity index (χ0) is 10.7. The molecule has 1 aliphatic carbocycles. The van der Waals surface area contributed by atoms with E-state index in [9.17, 15) is 4.79 Å². The van der Waals surface area contributed by atoms with Crippen LogP contribution in [0.1, 0.15) is 51.9 Å². The maximum atomic E-state index is 12.2. The second-order valence-corrected chi connectivity index (χ2v) is 5.32. The number of rotatable bonds is 2. The van der Waals surface area contributed by atoms with Crippen LogP contribution in [-0.2, 0) is 4.79 Å². The van der Waals surface area contributed by atoms with E-state index in [0.717, 1.165) is 25.8 Å². The Kier molecular flexibility index (Phi) is 3.79. The summed E-state index contributed by atoms with van der Waals surface area (Å²) in [4.78, 5) is 12.2. The zero-order valence-corrected chi connectivity index (χ0v) is 9.80. The van der Waals surface area contributed by atoms with Crippen molar-refractivity contribution in [2.24, 2.45) is 11.8 Å². The van der Waals surface area contributed by atoms with E-state index in [-0.39, 0.29) is 0 Å². The molecule has 1 heterocycles. The molecule has 2 aliphatic rings. The summed E-state index contributed by atoms with van der Waals surface area (Å²) in [5.74, 6) is 1.29.